The third-order valence-electron chi connectivity index (χ3n) is 3.18. The van der Waals surface area contributed by atoms with Crippen molar-refractivity contribution in [1.29, 1.82) is 0 Å². The Morgan fingerprint density at radius 3 is 2.86 bits per heavy atom. The van der Waals surface area contributed by atoms with Gasteiger partial charge in [0.25, 0.3) is 0 Å². The van der Waals surface area contributed by atoms with E-state index in [0.29, 0.717) is 5.56 Å². The van der Waals surface area contributed by atoms with Crippen LogP contribution in [0.4, 0.5) is 4.39 Å². The van der Waals surface area contributed by atoms with Crippen LogP contribution in [-0.2, 0) is 13.0 Å². The molecule has 0 spiro atoms. The largest absolute Gasteiger partial charge is 0.489 e. The first-order valence-corrected chi connectivity index (χ1v) is 7.64. The van der Waals surface area contributed by atoms with Crippen molar-refractivity contribution >= 4 is 15.9 Å². The first-order valence-electron chi connectivity index (χ1n) is 6.84. The number of pyridine rings is 1. The number of nitrogens with two attached hydrogens (primary N) is 1. The topological polar surface area (TPSA) is 48.1 Å². The molecule has 0 aliphatic carbocycles. The zero-order valence-electron chi connectivity index (χ0n) is 11.9. The van der Waals surface area contributed by atoms with Gasteiger partial charge in [-0.25, -0.2) is 4.39 Å². The summed E-state index contributed by atoms with van der Waals surface area (Å²) < 4.78 is 19.9. The van der Waals surface area contributed by atoms with Gasteiger partial charge >= 0.3 is 0 Å². The lowest BCUT2D eigenvalue weighted by atomic mass is 10.0. The molecular weight excluding hydrogens is 335 g/mol. The number of halogens is 2. The number of hydrogen-bond donors (Lipinski definition) is 1. The molecule has 0 saturated carbocycles. The predicted molar refractivity (Wildman–Crippen MR) is 84.6 cm³/mol. The first kappa shape index (κ1) is 15.9. The van der Waals surface area contributed by atoms with Gasteiger partial charge in [-0.15, -0.1) is 0 Å². The van der Waals surface area contributed by atoms with Gasteiger partial charge in [0.15, 0.2) is 0 Å². The fourth-order valence-corrected chi connectivity index (χ4v) is 2.38. The normalized spacial score (nSPS) is 12.2. The molecule has 0 saturated heterocycles. The molecule has 2 rings (SSSR count). The molecule has 1 atom stereocenters. The lowest BCUT2D eigenvalue weighted by Crippen LogP contribution is -2.21. The van der Waals surface area contributed by atoms with Crippen LogP contribution in [0.5, 0.6) is 5.75 Å². The highest BCUT2D eigenvalue weighted by Gasteiger charge is 2.09. The molecule has 112 valence electrons. The monoisotopic (exact) mass is 352 g/mol. The number of nitrogens with zero attached hydrogens (tertiary/aromatic N) is 1. The standard InChI is InChI=1S/C16H18BrFN2O/c1-2-15(19)7-12-6-13(17)3-4-16(12)21-10-11-5-14(18)9-20-8-11/h3-6,8-9,15H,2,7,10,19H2,1H3. The summed E-state index contributed by atoms with van der Waals surface area (Å²) in [6.07, 6.45) is 4.42. The van der Waals surface area contributed by atoms with Gasteiger partial charge in [-0.05, 0) is 42.7 Å². The quantitative estimate of drug-likeness (QED) is 0.858. The molecule has 5 heteroatoms. The van der Waals surface area contributed by atoms with Crippen LogP contribution in [0, 0.1) is 5.82 Å². The van der Waals surface area contributed by atoms with Gasteiger partial charge in [-0.1, -0.05) is 22.9 Å². The van der Waals surface area contributed by atoms with E-state index in [9.17, 15) is 4.39 Å². The Labute approximate surface area is 132 Å². The van der Waals surface area contributed by atoms with Crippen LogP contribution in [0.25, 0.3) is 0 Å². The third-order valence-corrected chi connectivity index (χ3v) is 3.68. The molecule has 1 aromatic carbocycles. The van der Waals surface area contributed by atoms with Crippen LogP contribution < -0.4 is 10.5 Å². The van der Waals surface area contributed by atoms with E-state index >= 15 is 0 Å². The molecule has 2 aromatic rings. The second-order valence-corrected chi connectivity index (χ2v) is 5.84. The maximum atomic E-state index is 13.1. The van der Waals surface area contributed by atoms with E-state index in [1.54, 1.807) is 6.20 Å². The molecular formula is C16H18BrFN2O. The molecule has 0 radical (unpaired) electrons. The highest BCUT2D eigenvalue weighted by Crippen LogP contribution is 2.25. The maximum absolute atomic E-state index is 13.1. The molecule has 0 bridgehead atoms. The summed E-state index contributed by atoms with van der Waals surface area (Å²) in [6.45, 7) is 2.34. The average Bonchev–Trinajstić information content (AvgIpc) is 2.46. The minimum atomic E-state index is -0.361. The van der Waals surface area contributed by atoms with Crippen LogP contribution in [0.3, 0.4) is 0 Å². The van der Waals surface area contributed by atoms with Crippen LogP contribution >= 0.6 is 15.9 Å². The van der Waals surface area contributed by atoms with Crippen molar-refractivity contribution in [3.05, 3.63) is 58.1 Å². The number of benzene rings is 1. The molecule has 0 amide bonds. The molecule has 21 heavy (non-hydrogen) atoms. The molecule has 0 fully saturated rings. The molecule has 1 aromatic heterocycles. The Balaban J connectivity index is 2.11. The second kappa shape index (κ2) is 7.52. The third kappa shape index (κ3) is 4.79. The van der Waals surface area contributed by atoms with Crippen molar-refractivity contribution in [3.8, 4) is 5.75 Å². The summed E-state index contributed by atoms with van der Waals surface area (Å²) in [5.41, 5.74) is 7.76. The first-order chi connectivity index (χ1) is 10.1. The van der Waals surface area contributed by atoms with E-state index in [1.807, 2.05) is 18.2 Å². The summed E-state index contributed by atoms with van der Waals surface area (Å²) in [5, 5.41) is 0. The predicted octanol–water partition coefficient (Wildman–Crippen LogP) is 3.84. The van der Waals surface area contributed by atoms with Crippen molar-refractivity contribution in [3.63, 3.8) is 0 Å². The lowest BCUT2D eigenvalue weighted by molar-refractivity contribution is 0.301. The Morgan fingerprint density at radius 2 is 2.14 bits per heavy atom. The van der Waals surface area contributed by atoms with Gasteiger partial charge < -0.3 is 10.5 Å². The van der Waals surface area contributed by atoms with Gasteiger partial charge in [0.05, 0.1) is 6.20 Å². The molecule has 3 nitrogen and oxygen atoms in total. The molecule has 0 aliphatic heterocycles. The number of hydrogen-bond acceptors (Lipinski definition) is 3. The SMILES string of the molecule is CCC(N)Cc1cc(Br)ccc1OCc1cncc(F)c1. The van der Waals surface area contributed by atoms with E-state index in [0.717, 1.165) is 28.6 Å². The van der Waals surface area contributed by atoms with Crippen molar-refractivity contribution < 1.29 is 9.13 Å². The van der Waals surface area contributed by atoms with Crippen LogP contribution in [0.2, 0.25) is 0 Å². The Kier molecular flexibility index (Phi) is 5.70. The van der Waals surface area contributed by atoms with Crippen molar-refractivity contribution in [1.82, 2.24) is 4.98 Å². The fraction of sp³-hybridized carbons (Fsp3) is 0.312. The fourth-order valence-electron chi connectivity index (χ4n) is 1.97. The summed E-state index contributed by atoms with van der Waals surface area (Å²) in [7, 11) is 0. The van der Waals surface area contributed by atoms with Gasteiger partial charge in [0, 0.05) is 22.3 Å². The molecule has 1 heterocycles. The van der Waals surface area contributed by atoms with Gasteiger partial charge in [-0.2, -0.15) is 0 Å². The lowest BCUT2D eigenvalue weighted by Gasteiger charge is -2.15. The summed E-state index contributed by atoms with van der Waals surface area (Å²) in [6, 6.07) is 7.34. The van der Waals surface area contributed by atoms with Crippen molar-refractivity contribution in [2.75, 3.05) is 0 Å². The number of rotatable bonds is 6. The second-order valence-electron chi connectivity index (χ2n) is 4.92. The average molecular weight is 353 g/mol. The Morgan fingerprint density at radius 1 is 1.33 bits per heavy atom. The maximum Gasteiger partial charge on any atom is 0.141 e. The van der Waals surface area contributed by atoms with Crippen LogP contribution in [-0.4, -0.2) is 11.0 Å². The summed E-state index contributed by atoms with van der Waals surface area (Å²) >= 11 is 3.46. The highest BCUT2D eigenvalue weighted by atomic mass is 79.9. The van der Waals surface area contributed by atoms with Gasteiger partial charge in [-0.3, -0.25) is 4.98 Å². The smallest absolute Gasteiger partial charge is 0.141 e. The van der Waals surface area contributed by atoms with Gasteiger partial charge in [0.2, 0.25) is 0 Å². The van der Waals surface area contributed by atoms with Crippen LogP contribution in [0.1, 0.15) is 24.5 Å². The van der Waals surface area contributed by atoms with Crippen molar-refractivity contribution in [2.24, 2.45) is 5.73 Å². The Bertz CT molecular complexity index is 607. The zero-order valence-corrected chi connectivity index (χ0v) is 13.4. The van der Waals surface area contributed by atoms with E-state index < -0.39 is 0 Å². The van der Waals surface area contributed by atoms with E-state index in [4.69, 9.17) is 10.5 Å². The van der Waals surface area contributed by atoms with Crippen LogP contribution in [0.15, 0.2) is 41.1 Å². The highest BCUT2D eigenvalue weighted by molar-refractivity contribution is 9.10. The van der Waals surface area contributed by atoms with E-state index in [2.05, 4.69) is 27.8 Å². The van der Waals surface area contributed by atoms with Gasteiger partial charge in [0.1, 0.15) is 18.2 Å². The minimum Gasteiger partial charge on any atom is -0.489 e. The number of aromatic nitrogens is 1. The molecule has 0 aliphatic rings. The minimum absolute atomic E-state index is 0.0949. The van der Waals surface area contributed by atoms with Crippen molar-refractivity contribution in [2.45, 2.75) is 32.4 Å². The van der Waals surface area contributed by atoms with E-state index in [1.165, 1.54) is 12.3 Å². The molecule has 1 unspecified atom stereocenters. The number of ether oxygens (including phenoxy) is 1. The summed E-state index contributed by atoms with van der Waals surface area (Å²) in [5.74, 6) is 0.409. The molecule has 2 N–H and O–H groups in total. The van der Waals surface area contributed by atoms with E-state index in [-0.39, 0.29) is 18.5 Å². The summed E-state index contributed by atoms with van der Waals surface area (Å²) in [4.78, 5) is 3.81. The Hall–Kier alpha value is -1.46. The zero-order chi connectivity index (χ0) is 15.2.